The summed E-state index contributed by atoms with van der Waals surface area (Å²) in [5.41, 5.74) is 2.69. The minimum atomic E-state index is -0.0954. The first-order chi connectivity index (χ1) is 10.4. The molecule has 6 heteroatoms. The Labute approximate surface area is 121 Å². The number of nitrogens with one attached hydrogen (secondary N) is 1. The molecule has 21 heavy (non-hydrogen) atoms. The molecule has 0 aliphatic carbocycles. The predicted molar refractivity (Wildman–Crippen MR) is 78.2 cm³/mol. The number of anilines is 1. The van der Waals surface area contributed by atoms with E-state index in [1.807, 2.05) is 41.1 Å². The normalized spacial score (nSPS) is 16.8. The first-order valence-corrected chi connectivity index (χ1v) is 6.62. The fourth-order valence-corrected chi connectivity index (χ4v) is 2.37. The number of aromatic nitrogens is 5. The highest BCUT2D eigenvalue weighted by Crippen LogP contribution is 2.29. The monoisotopic (exact) mass is 276 g/mol. The smallest absolute Gasteiger partial charge is 0.226 e. The summed E-state index contributed by atoms with van der Waals surface area (Å²) in [6, 6.07) is 11.6. The fourth-order valence-electron chi connectivity index (χ4n) is 2.37. The molecule has 0 aromatic carbocycles. The molecule has 6 nitrogen and oxygen atoms in total. The van der Waals surface area contributed by atoms with Gasteiger partial charge in [-0.05, 0) is 30.3 Å². The van der Waals surface area contributed by atoms with Gasteiger partial charge < -0.3 is 5.32 Å². The van der Waals surface area contributed by atoms with Crippen LogP contribution in [-0.4, -0.2) is 24.7 Å². The van der Waals surface area contributed by atoms with E-state index in [4.69, 9.17) is 0 Å². The van der Waals surface area contributed by atoms with Gasteiger partial charge in [0.2, 0.25) is 5.95 Å². The molecule has 0 saturated heterocycles. The van der Waals surface area contributed by atoms with Crippen LogP contribution in [0.5, 0.6) is 0 Å². The molecule has 1 atom stereocenters. The van der Waals surface area contributed by atoms with Crippen LogP contribution in [0.25, 0.3) is 5.70 Å². The van der Waals surface area contributed by atoms with Crippen molar-refractivity contribution in [2.75, 3.05) is 5.32 Å². The molecule has 0 bridgehead atoms. The van der Waals surface area contributed by atoms with E-state index < -0.39 is 0 Å². The third-order valence-electron chi connectivity index (χ3n) is 3.34. The van der Waals surface area contributed by atoms with Gasteiger partial charge in [0.1, 0.15) is 12.4 Å². The first kappa shape index (κ1) is 11.8. The van der Waals surface area contributed by atoms with E-state index in [0.717, 1.165) is 17.1 Å². The summed E-state index contributed by atoms with van der Waals surface area (Å²) in [6.07, 6.45) is 7.15. The van der Waals surface area contributed by atoms with Crippen molar-refractivity contribution in [3.05, 3.63) is 72.6 Å². The van der Waals surface area contributed by atoms with Crippen molar-refractivity contribution in [2.24, 2.45) is 0 Å². The lowest BCUT2D eigenvalue weighted by Gasteiger charge is -2.23. The molecule has 3 aromatic heterocycles. The molecule has 1 aliphatic heterocycles. The number of hydrogen-bond donors (Lipinski definition) is 1. The highest BCUT2D eigenvalue weighted by Gasteiger charge is 2.24. The summed E-state index contributed by atoms with van der Waals surface area (Å²) in [5, 5.41) is 7.53. The maximum absolute atomic E-state index is 4.43. The van der Waals surface area contributed by atoms with Crippen molar-refractivity contribution in [1.82, 2.24) is 24.7 Å². The molecule has 0 radical (unpaired) electrons. The Morgan fingerprint density at radius 3 is 2.57 bits per heavy atom. The van der Waals surface area contributed by atoms with Crippen molar-refractivity contribution in [3.8, 4) is 0 Å². The van der Waals surface area contributed by atoms with Crippen LogP contribution in [0.15, 0.2) is 61.2 Å². The van der Waals surface area contributed by atoms with Crippen molar-refractivity contribution in [2.45, 2.75) is 6.04 Å². The molecule has 1 N–H and O–H groups in total. The van der Waals surface area contributed by atoms with E-state index >= 15 is 0 Å². The van der Waals surface area contributed by atoms with Gasteiger partial charge in [0.25, 0.3) is 0 Å². The van der Waals surface area contributed by atoms with Crippen LogP contribution < -0.4 is 5.32 Å². The molecular formula is C15H12N6. The number of allylic oxidation sites excluding steroid dienone is 1. The first-order valence-electron chi connectivity index (χ1n) is 6.62. The molecule has 4 heterocycles. The molecule has 0 fully saturated rings. The fraction of sp³-hybridized carbons (Fsp3) is 0.0667. The van der Waals surface area contributed by atoms with Gasteiger partial charge in [0.05, 0.1) is 17.1 Å². The van der Waals surface area contributed by atoms with E-state index in [1.54, 1.807) is 12.4 Å². The Bertz CT molecular complexity index is 778. The summed E-state index contributed by atoms with van der Waals surface area (Å²) in [7, 11) is 0. The van der Waals surface area contributed by atoms with Gasteiger partial charge in [0, 0.05) is 12.4 Å². The van der Waals surface area contributed by atoms with Gasteiger partial charge in [-0.2, -0.15) is 10.1 Å². The number of pyridine rings is 2. The Morgan fingerprint density at radius 2 is 1.81 bits per heavy atom. The average molecular weight is 276 g/mol. The third-order valence-corrected chi connectivity index (χ3v) is 3.34. The van der Waals surface area contributed by atoms with Crippen molar-refractivity contribution in [1.29, 1.82) is 0 Å². The SMILES string of the molecule is C1=C(c2ccccn2)Nc2ncnn2C1c1ccccn1. The van der Waals surface area contributed by atoms with Gasteiger partial charge in [-0.1, -0.05) is 12.1 Å². The zero-order valence-corrected chi connectivity index (χ0v) is 11.1. The number of nitrogens with zero attached hydrogens (tertiary/aromatic N) is 5. The lowest BCUT2D eigenvalue weighted by Crippen LogP contribution is -2.21. The maximum Gasteiger partial charge on any atom is 0.226 e. The minimum absolute atomic E-state index is 0.0954. The topological polar surface area (TPSA) is 68.5 Å². The highest BCUT2D eigenvalue weighted by atomic mass is 15.4. The summed E-state index contributed by atoms with van der Waals surface area (Å²) in [5.74, 6) is 0.689. The molecule has 1 aliphatic rings. The van der Waals surface area contributed by atoms with Crippen molar-refractivity contribution < 1.29 is 0 Å². The van der Waals surface area contributed by atoms with E-state index in [-0.39, 0.29) is 6.04 Å². The van der Waals surface area contributed by atoms with Crippen LogP contribution in [-0.2, 0) is 0 Å². The predicted octanol–water partition coefficient (Wildman–Crippen LogP) is 2.12. The zero-order valence-electron chi connectivity index (χ0n) is 11.1. The van der Waals surface area contributed by atoms with E-state index in [0.29, 0.717) is 5.95 Å². The van der Waals surface area contributed by atoms with Gasteiger partial charge in [-0.15, -0.1) is 0 Å². The molecule has 0 spiro atoms. The molecular weight excluding hydrogens is 264 g/mol. The second-order valence-corrected chi connectivity index (χ2v) is 4.65. The molecule has 0 amide bonds. The van der Waals surface area contributed by atoms with Crippen LogP contribution in [0.3, 0.4) is 0 Å². The Hall–Kier alpha value is -3.02. The summed E-state index contributed by atoms with van der Waals surface area (Å²) >= 11 is 0. The average Bonchev–Trinajstić information content (AvgIpc) is 3.04. The van der Waals surface area contributed by atoms with Crippen LogP contribution in [0.4, 0.5) is 5.95 Å². The highest BCUT2D eigenvalue weighted by molar-refractivity contribution is 5.74. The van der Waals surface area contributed by atoms with Gasteiger partial charge in [0.15, 0.2) is 0 Å². The lowest BCUT2D eigenvalue weighted by atomic mass is 10.1. The van der Waals surface area contributed by atoms with Gasteiger partial charge in [-0.25, -0.2) is 4.68 Å². The molecule has 1 unspecified atom stereocenters. The molecule has 102 valence electrons. The number of hydrogen-bond acceptors (Lipinski definition) is 5. The summed E-state index contributed by atoms with van der Waals surface area (Å²) in [4.78, 5) is 13.1. The van der Waals surface area contributed by atoms with Crippen LogP contribution in [0, 0.1) is 0 Å². The lowest BCUT2D eigenvalue weighted by molar-refractivity contribution is 0.598. The minimum Gasteiger partial charge on any atom is -0.323 e. The third kappa shape index (κ3) is 2.06. The van der Waals surface area contributed by atoms with E-state index in [2.05, 4.69) is 31.4 Å². The van der Waals surface area contributed by atoms with Crippen LogP contribution in [0.2, 0.25) is 0 Å². The van der Waals surface area contributed by atoms with E-state index in [9.17, 15) is 0 Å². The second-order valence-electron chi connectivity index (χ2n) is 4.65. The standard InChI is InChI=1S/C15H12N6/c1-3-7-16-11(5-1)13-9-14(12-6-2-4-8-17-12)21-15(20-13)18-10-19-21/h1-10,14H,(H,18,19,20). The largest absolute Gasteiger partial charge is 0.323 e. The zero-order chi connectivity index (χ0) is 14.1. The maximum atomic E-state index is 4.43. The van der Waals surface area contributed by atoms with E-state index in [1.165, 1.54) is 6.33 Å². The number of rotatable bonds is 2. The quantitative estimate of drug-likeness (QED) is 0.776. The Balaban J connectivity index is 1.83. The Morgan fingerprint density at radius 1 is 0.952 bits per heavy atom. The molecule has 3 aromatic rings. The van der Waals surface area contributed by atoms with Crippen molar-refractivity contribution in [3.63, 3.8) is 0 Å². The summed E-state index contributed by atoms with van der Waals surface area (Å²) < 4.78 is 1.81. The van der Waals surface area contributed by atoms with Crippen molar-refractivity contribution >= 4 is 11.6 Å². The summed E-state index contributed by atoms with van der Waals surface area (Å²) in [6.45, 7) is 0. The molecule has 4 rings (SSSR count). The molecule has 0 saturated carbocycles. The van der Waals surface area contributed by atoms with Crippen LogP contribution in [0.1, 0.15) is 17.4 Å². The van der Waals surface area contributed by atoms with Crippen LogP contribution >= 0.6 is 0 Å². The number of fused-ring (bicyclic) bond motifs is 1. The van der Waals surface area contributed by atoms with Gasteiger partial charge in [-0.3, -0.25) is 9.97 Å². The van der Waals surface area contributed by atoms with Gasteiger partial charge >= 0.3 is 0 Å². The second kappa shape index (κ2) is 4.82. The Kier molecular flexibility index (Phi) is 2.71.